The lowest BCUT2D eigenvalue weighted by molar-refractivity contribution is -0.137. The first-order valence-corrected chi connectivity index (χ1v) is 9.08. The predicted octanol–water partition coefficient (Wildman–Crippen LogP) is 3.47. The van der Waals surface area contributed by atoms with Gasteiger partial charge in [0.1, 0.15) is 0 Å². The highest BCUT2D eigenvalue weighted by Gasteiger charge is 2.33. The molecule has 1 aliphatic carbocycles. The van der Waals surface area contributed by atoms with E-state index >= 15 is 0 Å². The third-order valence-electron chi connectivity index (χ3n) is 5.52. The van der Waals surface area contributed by atoms with Gasteiger partial charge in [0.2, 0.25) is 5.91 Å². The van der Waals surface area contributed by atoms with Gasteiger partial charge >= 0.3 is 6.18 Å². The molecule has 142 valence electrons. The van der Waals surface area contributed by atoms with Crippen LogP contribution in [-0.4, -0.2) is 36.3 Å². The Hall–Kier alpha value is -2.05. The van der Waals surface area contributed by atoms with Crippen molar-refractivity contribution in [2.45, 2.75) is 38.3 Å². The minimum atomic E-state index is -4.43. The Labute approximate surface area is 150 Å². The van der Waals surface area contributed by atoms with Gasteiger partial charge in [-0.15, -0.1) is 0 Å². The second-order valence-corrected chi connectivity index (χ2v) is 7.19. The largest absolute Gasteiger partial charge is 0.416 e. The number of nitrogens with one attached hydrogen (secondary N) is 1. The summed E-state index contributed by atoms with van der Waals surface area (Å²) in [6.45, 7) is 1.34. The van der Waals surface area contributed by atoms with Crippen LogP contribution in [0.4, 0.5) is 13.2 Å². The molecule has 0 aromatic heterocycles. The van der Waals surface area contributed by atoms with Crippen molar-refractivity contribution >= 4 is 11.8 Å². The van der Waals surface area contributed by atoms with Gasteiger partial charge < -0.3 is 10.2 Å². The number of nitrogens with zero attached hydrogens (tertiary/aromatic N) is 1. The van der Waals surface area contributed by atoms with Crippen LogP contribution in [-0.2, 0) is 11.0 Å². The third-order valence-corrected chi connectivity index (χ3v) is 5.52. The van der Waals surface area contributed by atoms with Gasteiger partial charge in [-0.05, 0) is 48.9 Å². The molecular formula is C19H23F3N2O2. The Morgan fingerprint density at radius 3 is 2.35 bits per heavy atom. The topological polar surface area (TPSA) is 49.4 Å². The molecule has 3 rings (SSSR count). The van der Waals surface area contributed by atoms with Crippen molar-refractivity contribution in [3.05, 3.63) is 35.4 Å². The molecule has 0 unspecified atom stereocenters. The number of hydrogen-bond acceptors (Lipinski definition) is 2. The van der Waals surface area contributed by atoms with Crippen LogP contribution < -0.4 is 5.32 Å². The fourth-order valence-corrected chi connectivity index (χ4v) is 4.01. The summed E-state index contributed by atoms with van der Waals surface area (Å²) in [5, 5.41) is 2.51. The zero-order chi connectivity index (χ0) is 18.7. The van der Waals surface area contributed by atoms with Crippen LogP contribution in [0.1, 0.15) is 48.0 Å². The van der Waals surface area contributed by atoms with Gasteiger partial charge in [0.15, 0.2) is 0 Å². The summed E-state index contributed by atoms with van der Waals surface area (Å²) in [5.41, 5.74) is -0.697. The standard InChI is InChI=1S/C19H23F3N2O2/c20-19(21,22)16-7-5-14(6-8-16)18(26)23-11-17(25)24-10-9-13-3-1-2-4-15(13)12-24/h5-8,13,15H,1-4,9-12H2,(H,23,26)/t13-,15-/m1/s1. The molecular weight excluding hydrogens is 345 g/mol. The van der Waals surface area contributed by atoms with Crippen LogP contribution in [0.25, 0.3) is 0 Å². The first-order chi connectivity index (χ1) is 12.3. The molecule has 0 bridgehead atoms. The van der Waals surface area contributed by atoms with Crippen LogP contribution in [0.15, 0.2) is 24.3 Å². The van der Waals surface area contributed by atoms with Gasteiger partial charge in [-0.1, -0.05) is 19.3 Å². The molecule has 2 atom stereocenters. The van der Waals surface area contributed by atoms with Crippen molar-refractivity contribution in [1.82, 2.24) is 10.2 Å². The molecule has 2 amide bonds. The lowest BCUT2D eigenvalue weighted by atomic mass is 9.75. The predicted molar refractivity (Wildman–Crippen MR) is 90.4 cm³/mol. The average Bonchev–Trinajstić information content (AvgIpc) is 2.64. The van der Waals surface area contributed by atoms with E-state index in [1.165, 1.54) is 19.3 Å². The summed E-state index contributed by atoms with van der Waals surface area (Å²) >= 11 is 0. The van der Waals surface area contributed by atoms with E-state index in [-0.39, 0.29) is 18.0 Å². The maximum absolute atomic E-state index is 12.5. The van der Waals surface area contributed by atoms with Crippen LogP contribution >= 0.6 is 0 Å². The highest BCUT2D eigenvalue weighted by molar-refractivity contribution is 5.96. The molecule has 1 aromatic carbocycles. The van der Waals surface area contributed by atoms with Crippen molar-refractivity contribution in [2.75, 3.05) is 19.6 Å². The Balaban J connectivity index is 1.50. The molecule has 1 aromatic rings. The second kappa shape index (κ2) is 7.68. The third kappa shape index (κ3) is 4.37. The zero-order valence-corrected chi connectivity index (χ0v) is 14.5. The minimum absolute atomic E-state index is 0.108. The minimum Gasteiger partial charge on any atom is -0.343 e. The summed E-state index contributed by atoms with van der Waals surface area (Å²) in [5.74, 6) is 0.607. The van der Waals surface area contributed by atoms with Crippen molar-refractivity contribution in [3.8, 4) is 0 Å². The van der Waals surface area contributed by atoms with Crippen LogP contribution in [0.3, 0.4) is 0 Å². The van der Waals surface area contributed by atoms with Crippen molar-refractivity contribution in [3.63, 3.8) is 0 Å². The molecule has 0 radical (unpaired) electrons. The fourth-order valence-electron chi connectivity index (χ4n) is 4.01. The summed E-state index contributed by atoms with van der Waals surface area (Å²) in [6.07, 6.45) is 1.48. The fraction of sp³-hybridized carbons (Fsp3) is 0.579. The number of hydrogen-bond donors (Lipinski definition) is 1. The van der Waals surface area contributed by atoms with E-state index in [2.05, 4.69) is 5.32 Å². The van der Waals surface area contributed by atoms with E-state index in [9.17, 15) is 22.8 Å². The van der Waals surface area contributed by atoms with E-state index in [1.807, 2.05) is 0 Å². The number of carbonyl (C=O) groups excluding carboxylic acids is 2. The number of likely N-dealkylation sites (tertiary alicyclic amines) is 1. The molecule has 1 aliphatic heterocycles. The van der Waals surface area contributed by atoms with Gasteiger partial charge in [-0.3, -0.25) is 9.59 Å². The van der Waals surface area contributed by atoms with E-state index in [4.69, 9.17) is 0 Å². The summed E-state index contributed by atoms with van der Waals surface area (Å²) in [7, 11) is 0. The number of halogens is 3. The zero-order valence-electron chi connectivity index (χ0n) is 14.5. The highest BCUT2D eigenvalue weighted by atomic mass is 19.4. The number of carbonyl (C=O) groups is 2. The molecule has 1 saturated heterocycles. The first-order valence-electron chi connectivity index (χ1n) is 9.08. The lowest BCUT2D eigenvalue weighted by Crippen LogP contribution is -2.48. The molecule has 1 saturated carbocycles. The van der Waals surface area contributed by atoms with E-state index in [0.29, 0.717) is 5.92 Å². The lowest BCUT2D eigenvalue weighted by Gasteiger charge is -2.41. The number of fused-ring (bicyclic) bond motifs is 1. The van der Waals surface area contributed by atoms with Gasteiger partial charge in [-0.2, -0.15) is 13.2 Å². The SMILES string of the molecule is O=C(NCC(=O)N1CC[C@H]2CCCC[C@@H]2C1)c1ccc(C(F)(F)F)cc1. The smallest absolute Gasteiger partial charge is 0.343 e. The molecule has 1 heterocycles. The Bertz CT molecular complexity index is 658. The highest BCUT2D eigenvalue weighted by Crippen LogP contribution is 2.36. The van der Waals surface area contributed by atoms with Gasteiger partial charge in [0.05, 0.1) is 12.1 Å². The maximum atomic E-state index is 12.5. The van der Waals surface area contributed by atoms with Gasteiger partial charge in [0.25, 0.3) is 5.91 Å². The maximum Gasteiger partial charge on any atom is 0.416 e. The number of benzene rings is 1. The number of rotatable bonds is 3. The molecule has 0 spiro atoms. The molecule has 2 aliphatic rings. The van der Waals surface area contributed by atoms with Crippen LogP contribution in [0.5, 0.6) is 0 Å². The van der Waals surface area contributed by atoms with Crippen molar-refractivity contribution in [1.29, 1.82) is 0 Å². The molecule has 4 nitrogen and oxygen atoms in total. The van der Waals surface area contributed by atoms with Crippen LogP contribution in [0, 0.1) is 11.8 Å². The van der Waals surface area contributed by atoms with E-state index < -0.39 is 17.6 Å². The van der Waals surface area contributed by atoms with Crippen molar-refractivity contribution in [2.24, 2.45) is 11.8 Å². The van der Waals surface area contributed by atoms with Crippen molar-refractivity contribution < 1.29 is 22.8 Å². The Kier molecular flexibility index (Phi) is 5.53. The van der Waals surface area contributed by atoms with E-state index in [1.54, 1.807) is 4.90 Å². The van der Waals surface area contributed by atoms with Gasteiger partial charge in [0, 0.05) is 18.7 Å². The molecule has 2 fully saturated rings. The quantitative estimate of drug-likeness (QED) is 0.888. The van der Waals surface area contributed by atoms with Gasteiger partial charge in [-0.25, -0.2) is 0 Å². The molecule has 7 heteroatoms. The Morgan fingerprint density at radius 2 is 1.69 bits per heavy atom. The number of alkyl halides is 3. The molecule has 26 heavy (non-hydrogen) atoms. The molecule has 1 N–H and O–H groups in total. The second-order valence-electron chi connectivity index (χ2n) is 7.19. The van der Waals surface area contributed by atoms with Crippen LogP contribution in [0.2, 0.25) is 0 Å². The first kappa shape index (κ1) is 18.7. The summed E-state index contributed by atoms with van der Waals surface area (Å²) < 4.78 is 37.6. The summed E-state index contributed by atoms with van der Waals surface area (Å²) in [4.78, 5) is 26.2. The Morgan fingerprint density at radius 1 is 1.04 bits per heavy atom. The average molecular weight is 368 g/mol. The number of piperidine rings is 1. The normalized spacial score (nSPS) is 23.3. The monoisotopic (exact) mass is 368 g/mol. The number of amides is 2. The van der Waals surface area contributed by atoms with E-state index in [0.717, 1.165) is 56.1 Å². The summed E-state index contributed by atoms with van der Waals surface area (Å²) in [6, 6.07) is 3.97.